The van der Waals surface area contributed by atoms with Crippen molar-refractivity contribution in [3.05, 3.63) is 0 Å². The van der Waals surface area contributed by atoms with Gasteiger partial charge in [0.1, 0.15) is 5.60 Å². The Kier molecular flexibility index (Phi) is 13.9. The lowest BCUT2D eigenvalue weighted by molar-refractivity contribution is -0.293. The molecule has 2 bridgehead atoms. The van der Waals surface area contributed by atoms with Crippen LogP contribution < -0.4 is 0 Å². The summed E-state index contributed by atoms with van der Waals surface area (Å²) in [6.07, 6.45) is -5.85. The molecule has 9 atom stereocenters. The Labute approximate surface area is 275 Å². The minimum absolute atomic E-state index is 0. The molecule has 2 amide bonds. The second-order valence-corrected chi connectivity index (χ2v) is 13.5. The Morgan fingerprint density at radius 1 is 0.766 bits per heavy atom. The van der Waals surface area contributed by atoms with Gasteiger partial charge in [-0.25, -0.2) is 8.78 Å². The average molecular weight is 730 g/mol. The highest BCUT2D eigenvalue weighted by atomic mass is 32.2. The normalized spacial score (nSPS) is 37.0. The third kappa shape index (κ3) is 5.18. The molecule has 4 fully saturated rings. The summed E-state index contributed by atoms with van der Waals surface area (Å²) in [5.74, 6) is -33.8. The summed E-state index contributed by atoms with van der Waals surface area (Å²) in [4.78, 5) is 39.6. The number of imide groups is 1. The van der Waals surface area contributed by atoms with E-state index in [-0.39, 0.29) is 58.0 Å². The number of carbonyl (C=O) groups excluding carboxylic acids is 3. The second kappa shape index (κ2) is 13.1. The van der Waals surface area contributed by atoms with Crippen molar-refractivity contribution >= 4 is 29.5 Å². The molecule has 3 saturated heterocycles. The topological polar surface area (TPSA) is 63.7 Å². The fraction of sp³-hybridized carbons (Fsp3) is 0.900. The van der Waals surface area contributed by atoms with E-state index in [4.69, 9.17) is 4.74 Å². The number of fused-ring (bicyclic) bond motifs is 5. The SMILES string of the molecule is C.C.C.C.C.C.CCN1C(=O)C(C)C(C2C(C(C)(C(=O)OC(C)(C)C)C(F)(F)F)C3SC2C2(F)C(F)(F)C(F)(F)C(F)(F)C32F)C1=O. The van der Waals surface area contributed by atoms with Gasteiger partial charge in [0.05, 0.1) is 16.4 Å². The van der Waals surface area contributed by atoms with Crippen molar-refractivity contribution in [3.8, 4) is 0 Å². The van der Waals surface area contributed by atoms with Crippen LogP contribution in [0, 0.1) is 29.1 Å². The van der Waals surface area contributed by atoms with Crippen molar-refractivity contribution in [2.24, 2.45) is 29.1 Å². The molecule has 9 unspecified atom stereocenters. The third-order valence-corrected chi connectivity index (χ3v) is 10.8. The van der Waals surface area contributed by atoms with Crippen molar-refractivity contribution in [2.75, 3.05) is 6.54 Å². The monoisotopic (exact) mass is 729 g/mol. The number of amides is 2. The van der Waals surface area contributed by atoms with Gasteiger partial charge in [-0.05, 0) is 40.5 Å². The molecular weight excluding hydrogens is 679 g/mol. The number of nitrogens with zero attached hydrogens (tertiary/aromatic N) is 1. The van der Waals surface area contributed by atoms with E-state index in [1.807, 2.05) is 0 Å². The third-order valence-electron chi connectivity index (χ3n) is 8.95. The van der Waals surface area contributed by atoms with E-state index in [1.165, 1.54) is 6.92 Å². The average Bonchev–Trinajstić information content (AvgIpc) is 3.39. The Morgan fingerprint density at radius 3 is 1.51 bits per heavy atom. The van der Waals surface area contributed by atoms with Gasteiger partial charge in [-0.3, -0.25) is 19.3 Å². The summed E-state index contributed by atoms with van der Waals surface area (Å²) >= 11 is -0.511. The molecule has 0 aromatic heterocycles. The number of rotatable bonds is 4. The van der Waals surface area contributed by atoms with Crippen molar-refractivity contribution in [3.63, 3.8) is 0 Å². The standard InChI is InChI=1S/C24H26F11NO4S.6CH4/c1-7-36-14(37)8(2)9(15(36)38)10-11(18(6,24(33,34)35)16(39)40-17(3,4)5)13-20(26)19(25,12(10)41-13)21(27,28)23(31,32)22(20,29)30;;;;;;/h8-13H,7H2,1-6H3;6*1H4. The molecule has 3 heterocycles. The van der Waals surface area contributed by atoms with Crippen molar-refractivity contribution in [1.82, 2.24) is 4.90 Å². The van der Waals surface area contributed by atoms with Crippen LogP contribution in [0.2, 0.25) is 0 Å². The Bertz CT molecular complexity index is 1190. The van der Waals surface area contributed by atoms with Gasteiger partial charge in [-0.15, -0.1) is 11.8 Å². The summed E-state index contributed by atoms with van der Waals surface area (Å²) in [6.45, 7) is 5.26. The molecule has 0 radical (unpaired) electrons. The van der Waals surface area contributed by atoms with Gasteiger partial charge in [0.15, 0.2) is 5.41 Å². The smallest absolute Gasteiger partial charge is 0.404 e. The molecule has 282 valence electrons. The van der Waals surface area contributed by atoms with Gasteiger partial charge < -0.3 is 4.74 Å². The maximum atomic E-state index is 16.4. The summed E-state index contributed by atoms with van der Waals surface area (Å²) in [5, 5.41) is -6.47. The lowest BCUT2D eigenvalue weighted by atomic mass is 9.53. The number of alkyl halides is 11. The second-order valence-electron chi connectivity index (χ2n) is 12.2. The van der Waals surface area contributed by atoms with Crippen LogP contribution in [0.5, 0.6) is 0 Å². The Balaban J connectivity index is -0.00000323. The quantitative estimate of drug-likeness (QED) is 0.164. The van der Waals surface area contributed by atoms with Crippen molar-refractivity contribution in [1.29, 1.82) is 0 Å². The van der Waals surface area contributed by atoms with E-state index in [9.17, 15) is 36.3 Å². The molecule has 0 N–H and O–H groups in total. The van der Waals surface area contributed by atoms with Crippen LogP contribution in [0.4, 0.5) is 48.3 Å². The fourth-order valence-corrected chi connectivity index (χ4v) is 9.41. The van der Waals surface area contributed by atoms with E-state index in [2.05, 4.69) is 0 Å². The molecule has 5 nitrogen and oxygen atoms in total. The Hall–Kier alpha value is -1.81. The van der Waals surface area contributed by atoms with Crippen LogP contribution in [0.15, 0.2) is 0 Å². The van der Waals surface area contributed by atoms with E-state index in [1.54, 1.807) is 0 Å². The zero-order valence-corrected chi connectivity index (χ0v) is 23.1. The zero-order valence-electron chi connectivity index (χ0n) is 22.3. The molecule has 1 aliphatic carbocycles. The van der Waals surface area contributed by atoms with Gasteiger partial charge in [0, 0.05) is 18.4 Å². The minimum Gasteiger partial charge on any atom is -0.459 e. The van der Waals surface area contributed by atoms with Gasteiger partial charge >= 0.3 is 29.9 Å². The van der Waals surface area contributed by atoms with Crippen molar-refractivity contribution in [2.45, 2.75) is 137 Å². The van der Waals surface area contributed by atoms with Gasteiger partial charge in [-0.2, -0.15) is 39.5 Å². The molecule has 0 aromatic rings. The summed E-state index contributed by atoms with van der Waals surface area (Å²) in [6, 6.07) is 0. The molecular formula is C30H50F11NO4S. The van der Waals surface area contributed by atoms with Crippen LogP contribution in [0.3, 0.4) is 0 Å². The van der Waals surface area contributed by atoms with E-state index < -0.39 is 110 Å². The molecule has 1 saturated carbocycles. The van der Waals surface area contributed by atoms with E-state index >= 15 is 26.3 Å². The lowest BCUT2D eigenvalue weighted by Gasteiger charge is -2.51. The Morgan fingerprint density at radius 2 is 1.17 bits per heavy atom. The highest BCUT2D eigenvalue weighted by Crippen LogP contribution is 2.83. The number of thioether (sulfide) groups is 1. The summed E-state index contributed by atoms with van der Waals surface area (Å²) in [7, 11) is 0. The highest BCUT2D eigenvalue weighted by Gasteiger charge is 3.06. The van der Waals surface area contributed by atoms with Gasteiger partial charge in [0.25, 0.3) is 0 Å². The lowest BCUT2D eigenvalue weighted by Crippen LogP contribution is -2.72. The molecule has 3 aliphatic heterocycles. The molecule has 17 heteroatoms. The van der Waals surface area contributed by atoms with E-state index in [0.717, 1.165) is 27.7 Å². The molecule has 0 spiro atoms. The van der Waals surface area contributed by atoms with Crippen LogP contribution >= 0.6 is 11.8 Å². The first-order chi connectivity index (χ1) is 18.2. The van der Waals surface area contributed by atoms with E-state index in [0.29, 0.717) is 4.90 Å². The number of likely N-dealkylation sites (tertiary alicyclic amines) is 1. The molecule has 4 aliphatic rings. The molecule has 47 heavy (non-hydrogen) atoms. The number of ether oxygens (including phenoxy) is 1. The minimum atomic E-state index is -6.71. The zero-order chi connectivity index (χ0) is 31.9. The predicted octanol–water partition coefficient (Wildman–Crippen LogP) is 9.42. The van der Waals surface area contributed by atoms with Gasteiger partial charge in [-0.1, -0.05) is 51.5 Å². The number of carbonyl (C=O) groups is 3. The summed E-state index contributed by atoms with van der Waals surface area (Å²) < 4.78 is 171. The first-order valence-corrected chi connectivity index (χ1v) is 13.4. The van der Waals surface area contributed by atoms with Crippen LogP contribution in [-0.2, 0) is 19.1 Å². The number of halogens is 11. The predicted molar refractivity (Wildman–Crippen MR) is 160 cm³/mol. The highest BCUT2D eigenvalue weighted by molar-refractivity contribution is 8.01. The number of hydrogen-bond acceptors (Lipinski definition) is 5. The van der Waals surface area contributed by atoms with Crippen LogP contribution in [-0.4, -0.2) is 80.6 Å². The maximum absolute atomic E-state index is 16.4. The first-order valence-electron chi connectivity index (χ1n) is 12.5. The van der Waals surface area contributed by atoms with Crippen molar-refractivity contribution < 1.29 is 67.4 Å². The largest absolute Gasteiger partial charge is 0.459 e. The maximum Gasteiger partial charge on any atom is 0.404 e. The van der Waals surface area contributed by atoms with Crippen LogP contribution in [0.1, 0.15) is 86.1 Å². The number of hydrogen-bond donors (Lipinski definition) is 0. The number of esters is 1. The van der Waals surface area contributed by atoms with Gasteiger partial charge in [0.2, 0.25) is 23.2 Å². The summed E-state index contributed by atoms with van der Waals surface area (Å²) in [5.41, 5.74) is -16.9. The first kappa shape index (κ1) is 49.6. The van der Waals surface area contributed by atoms with Crippen LogP contribution in [0.25, 0.3) is 0 Å². The molecule has 0 aromatic carbocycles. The molecule has 4 rings (SSSR count). The fourth-order valence-electron chi connectivity index (χ4n) is 6.94.